The summed E-state index contributed by atoms with van der Waals surface area (Å²) in [5.41, 5.74) is 2.44. The van der Waals surface area contributed by atoms with Crippen molar-refractivity contribution in [1.29, 1.82) is 0 Å². The van der Waals surface area contributed by atoms with Gasteiger partial charge in [0, 0.05) is 31.7 Å². The minimum absolute atomic E-state index is 0.131. The number of ether oxygens (including phenoxy) is 1. The standard InChI is InChI=1S/C30H23NO5S/c32-22-10-6-20(7-11-22)29-27(25-15-12-23(33)18-26(25)37-29)28(34)19-8-13-24(14-9-19)36-17-16-31-30(35)21-4-2-1-3-5-21/h1-15,18,32-33H,16-17H2,(H,31,35). The van der Waals surface area contributed by atoms with Crippen LogP contribution in [0.3, 0.4) is 0 Å². The van der Waals surface area contributed by atoms with Crippen LogP contribution in [0.25, 0.3) is 20.5 Å². The van der Waals surface area contributed by atoms with Crippen molar-refractivity contribution >= 4 is 33.1 Å². The van der Waals surface area contributed by atoms with Crippen LogP contribution in [0.5, 0.6) is 17.2 Å². The van der Waals surface area contributed by atoms with Crippen LogP contribution in [0.4, 0.5) is 0 Å². The number of rotatable bonds is 8. The normalized spacial score (nSPS) is 10.8. The monoisotopic (exact) mass is 509 g/mol. The Bertz CT molecular complexity index is 1560. The van der Waals surface area contributed by atoms with Gasteiger partial charge in [0.15, 0.2) is 5.78 Å². The second-order valence-corrected chi connectivity index (χ2v) is 9.41. The van der Waals surface area contributed by atoms with E-state index in [1.54, 1.807) is 78.9 Å². The molecule has 5 rings (SSSR count). The molecule has 1 amide bonds. The lowest BCUT2D eigenvalue weighted by Gasteiger charge is -2.09. The summed E-state index contributed by atoms with van der Waals surface area (Å²) in [6, 6.07) is 27.5. The summed E-state index contributed by atoms with van der Waals surface area (Å²) in [4.78, 5) is 26.5. The lowest BCUT2D eigenvalue weighted by molar-refractivity contribution is 0.0946. The number of phenolic OH excluding ortho intramolecular Hbond substituents is 2. The van der Waals surface area contributed by atoms with Gasteiger partial charge in [-0.2, -0.15) is 0 Å². The molecule has 184 valence electrons. The van der Waals surface area contributed by atoms with E-state index in [1.807, 2.05) is 18.2 Å². The fourth-order valence-electron chi connectivity index (χ4n) is 4.00. The van der Waals surface area contributed by atoms with Gasteiger partial charge in [0.2, 0.25) is 0 Å². The van der Waals surface area contributed by atoms with Crippen molar-refractivity contribution in [1.82, 2.24) is 5.32 Å². The zero-order chi connectivity index (χ0) is 25.8. The molecular weight excluding hydrogens is 486 g/mol. The molecule has 7 heteroatoms. The number of hydrogen-bond acceptors (Lipinski definition) is 6. The molecule has 0 aliphatic heterocycles. The second kappa shape index (κ2) is 10.6. The summed E-state index contributed by atoms with van der Waals surface area (Å²) in [5, 5.41) is 23.2. The highest BCUT2D eigenvalue weighted by Crippen LogP contribution is 2.41. The molecule has 3 N–H and O–H groups in total. The number of carbonyl (C=O) groups is 2. The molecule has 1 aromatic heterocycles. The molecule has 4 aromatic carbocycles. The van der Waals surface area contributed by atoms with Gasteiger partial charge < -0.3 is 20.3 Å². The maximum atomic E-state index is 13.7. The maximum Gasteiger partial charge on any atom is 0.251 e. The first kappa shape index (κ1) is 24.1. The number of amides is 1. The predicted molar refractivity (Wildman–Crippen MR) is 145 cm³/mol. The average Bonchev–Trinajstić information content (AvgIpc) is 3.30. The number of benzene rings is 4. The molecular formula is C30H23NO5S. The molecule has 0 fully saturated rings. The Hall–Kier alpha value is -4.62. The Balaban J connectivity index is 1.32. The first-order valence-electron chi connectivity index (χ1n) is 11.7. The van der Waals surface area contributed by atoms with Gasteiger partial charge in [-0.25, -0.2) is 0 Å². The van der Waals surface area contributed by atoms with Crippen LogP contribution in [0.15, 0.2) is 97.1 Å². The van der Waals surface area contributed by atoms with Gasteiger partial charge in [0.1, 0.15) is 23.9 Å². The third-order valence-corrected chi connectivity index (χ3v) is 7.04. The number of carbonyl (C=O) groups excluding carboxylic acids is 2. The van der Waals surface area contributed by atoms with Gasteiger partial charge in [-0.3, -0.25) is 9.59 Å². The van der Waals surface area contributed by atoms with Crippen LogP contribution in [-0.4, -0.2) is 35.1 Å². The number of ketones is 1. The Labute approximate surface area is 217 Å². The number of hydrogen-bond donors (Lipinski definition) is 3. The number of fused-ring (bicyclic) bond motifs is 1. The molecule has 6 nitrogen and oxygen atoms in total. The van der Waals surface area contributed by atoms with E-state index in [4.69, 9.17) is 4.74 Å². The van der Waals surface area contributed by atoms with Crippen LogP contribution in [0.2, 0.25) is 0 Å². The van der Waals surface area contributed by atoms with Crippen LogP contribution in [-0.2, 0) is 0 Å². The minimum Gasteiger partial charge on any atom is -0.508 e. The summed E-state index contributed by atoms with van der Waals surface area (Å²) in [6.45, 7) is 0.633. The van der Waals surface area contributed by atoms with Gasteiger partial charge in [0.05, 0.1) is 6.54 Å². The molecule has 1 heterocycles. The highest BCUT2D eigenvalue weighted by Gasteiger charge is 2.22. The van der Waals surface area contributed by atoms with E-state index < -0.39 is 0 Å². The number of aromatic hydroxyl groups is 2. The molecule has 0 radical (unpaired) electrons. The van der Waals surface area contributed by atoms with Crippen LogP contribution in [0, 0.1) is 0 Å². The zero-order valence-electron chi connectivity index (χ0n) is 19.7. The van der Waals surface area contributed by atoms with Gasteiger partial charge in [-0.05, 0) is 84.4 Å². The molecule has 0 saturated heterocycles. The molecule has 0 unspecified atom stereocenters. The van der Waals surface area contributed by atoms with Crippen molar-refractivity contribution < 1.29 is 24.5 Å². The van der Waals surface area contributed by atoms with Gasteiger partial charge in [0.25, 0.3) is 5.91 Å². The molecule has 37 heavy (non-hydrogen) atoms. The SMILES string of the molecule is O=C(NCCOc1ccc(C(=O)c2c(-c3ccc(O)cc3)sc3cc(O)ccc23)cc1)c1ccccc1. The van der Waals surface area contributed by atoms with E-state index in [-0.39, 0.29) is 29.8 Å². The van der Waals surface area contributed by atoms with Crippen LogP contribution < -0.4 is 10.1 Å². The zero-order valence-corrected chi connectivity index (χ0v) is 20.5. The van der Waals surface area contributed by atoms with Crippen molar-refractivity contribution in [3.8, 4) is 27.7 Å². The van der Waals surface area contributed by atoms with Crippen molar-refractivity contribution in [2.24, 2.45) is 0 Å². The smallest absolute Gasteiger partial charge is 0.251 e. The molecule has 5 aromatic rings. The lowest BCUT2D eigenvalue weighted by Crippen LogP contribution is -2.28. The predicted octanol–water partition coefficient (Wildman–Crippen LogP) is 6.02. The van der Waals surface area contributed by atoms with E-state index in [2.05, 4.69) is 5.32 Å². The topological polar surface area (TPSA) is 95.9 Å². The Morgan fingerprint density at radius 2 is 1.49 bits per heavy atom. The highest BCUT2D eigenvalue weighted by atomic mass is 32.1. The summed E-state index contributed by atoms with van der Waals surface area (Å²) in [6.07, 6.45) is 0. The average molecular weight is 510 g/mol. The Kier molecular flexibility index (Phi) is 6.87. The Morgan fingerprint density at radius 3 is 2.22 bits per heavy atom. The maximum absolute atomic E-state index is 13.7. The van der Waals surface area contributed by atoms with E-state index in [0.717, 1.165) is 20.5 Å². The summed E-state index contributed by atoms with van der Waals surface area (Å²) in [7, 11) is 0. The molecule has 0 saturated carbocycles. The molecule has 0 bridgehead atoms. The molecule has 0 aliphatic rings. The summed E-state index contributed by atoms with van der Waals surface area (Å²) >= 11 is 1.42. The van der Waals surface area contributed by atoms with Crippen molar-refractivity contribution in [3.63, 3.8) is 0 Å². The molecule has 0 spiro atoms. The highest BCUT2D eigenvalue weighted by molar-refractivity contribution is 7.22. The Morgan fingerprint density at radius 1 is 0.784 bits per heavy atom. The van der Waals surface area contributed by atoms with Gasteiger partial charge in [-0.15, -0.1) is 11.3 Å². The number of nitrogens with one attached hydrogen (secondary N) is 1. The quantitative estimate of drug-likeness (QED) is 0.176. The third-order valence-electron chi connectivity index (χ3n) is 5.84. The van der Waals surface area contributed by atoms with Crippen molar-refractivity contribution in [2.45, 2.75) is 0 Å². The first-order chi connectivity index (χ1) is 18.0. The molecule has 0 aliphatic carbocycles. The van der Waals surface area contributed by atoms with Crippen molar-refractivity contribution in [3.05, 3.63) is 114 Å². The van der Waals surface area contributed by atoms with E-state index in [1.165, 1.54) is 11.3 Å². The van der Waals surface area contributed by atoms with E-state index in [9.17, 15) is 19.8 Å². The van der Waals surface area contributed by atoms with Gasteiger partial charge >= 0.3 is 0 Å². The fourth-order valence-corrected chi connectivity index (χ4v) is 5.24. The molecule has 0 atom stereocenters. The second-order valence-electron chi connectivity index (χ2n) is 8.36. The first-order valence-corrected chi connectivity index (χ1v) is 12.5. The summed E-state index contributed by atoms with van der Waals surface area (Å²) < 4.78 is 6.53. The summed E-state index contributed by atoms with van der Waals surface area (Å²) in [5.74, 6) is 0.550. The largest absolute Gasteiger partial charge is 0.508 e. The van der Waals surface area contributed by atoms with E-state index >= 15 is 0 Å². The third kappa shape index (κ3) is 5.32. The van der Waals surface area contributed by atoms with E-state index in [0.29, 0.717) is 29.0 Å². The lowest BCUT2D eigenvalue weighted by atomic mass is 9.97. The number of phenols is 2. The van der Waals surface area contributed by atoms with Crippen molar-refractivity contribution in [2.75, 3.05) is 13.2 Å². The van der Waals surface area contributed by atoms with Crippen LogP contribution in [0.1, 0.15) is 26.3 Å². The fraction of sp³-hybridized carbons (Fsp3) is 0.0667. The van der Waals surface area contributed by atoms with Gasteiger partial charge in [-0.1, -0.05) is 18.2 Å². The number of thiophene rings is 1. The minimum atomic E-state index is -0.161. The van der Waals surface area contributed by atoms with Crippen LogP contribution >= 0.6 is 11.3 Å².